The Balaban J connectivity index is 2.38. The van der Waals surface area contributed by atoms with Crippen molar-refractivity contribution in [3.63, 3.8) is 0 Å². The van der Waals surface area contributed by atoms with Gasteiger partial charge in [0, 0.05) is 18.4 Å². The lowest BCUT2D eigenvalue weighted by Gasteiger charge is -2.17. The zero-order valence-electron chi connectivity index (χ0n) is 10.0. The van der Waals surface area contributed by atoms with E-state index < -0.39 is 0 Å². The first-order valence-corrected chi connectivity index (χ1v) is 6.84. The van der Waals surface area contributed by atoms with E-state index >= 15 is 0 Å². The molecule has 2 nitrogen and oxygen atoms in total. The molecule has 2 N–H and O–H groups in total. The Morgan fingerprint density at radius 2 is 1.94 bits per heavy atom. The number of hydrogen-bond acceptors (Lipinski definition) is 3. The van der Waals surface area contributed by atoms with Crippen LogP contribution in [0.1, 0.15) is 18.5 Å². The first-order chi connectivity index (χ1) is 7.77. The second-order valence-corrected chi connectivity index (χ2v) is 5.15. The predicted octanol–water partition coefficient (Wildman–Crippen LogP) is 2.31. The van der Waals surface area contributed by atoms with Gasteiger partial charge in [0.05, 0.1) is 0 Å². The quantitative estimate of drug-likeness (QED) is 0.766. The van der Waals surface area contributed by atoms with Crippen LogP contribution in [0.4, 0.5) is 0 Å². The molecule has 0 saturated heterocycles. The fraction of sp³-hybridized carbons (Fsp3) is 0.538. The largest absolute Gasteiger partial charge is 0.396 e. The lowest BCUT2D eigenvalue weighted by molar-refractivity contribution is 0.250. The molecule has 2 atom stereocenters. The van der Waals surface area contributed by atoms with Crippen LogP contribution in [0, 0.1) is 5.92 Å². The van der Waals surface area contributed by atoms with Crippen LogP contribution in [0.5, 0.6) is 0 Å². The summed E-state index contributed by atoms with van der Waals surface area (Å²) in [6, 6.07) is 10.9. The molecule has 0 amide bonds. The van der Waals surface area contributed by atoms with Gasteiger partial charge in [-0.05, 0) is 24.3 Å². The molecule has 16 heavy (non-hydrogen) atoms. The topological polar surface area (TPSA) is 32.3 Å². The first kappa shape index (κ1) is 13.6. The highest BCUT2D eigenvalue weighted by molar-refractivity contribution is 7.99. The second-order valence-electron chi connectivity index (χ2n) is 4.08. The number of hydrogen-bond donors (Lipinski definition) is 2. The standard InChI is InChI=1S/C13H21NOS/c1-11(8-15)9-16-10-13(14-2)12-6-4-3-5-7-12/h3-7,11,13-15H,8-10H2,1-2H3. The van der Waals surface area contributed by atoms with Gasteiger partial charge in [-0.15, -0.1) is 0 Å². The zero-order chi connectivity index (χ0) is 11.8. The van der Waals surface area contributed by atoms with Gasteiger partial charge < -0.3 is 10.4 Å². The molecule has 0 aliphatic rings. The Bertz CT molecular complexity index is 279. The van der Waals surface area contributed by atoms with Gasteiger partial charge in [-0.2, -0.15) is 11.8 Å². The maximum absolute atomic E-state index is 8.95. The highest BCUT2D eigenvalue weighted by atomic mass is 32.2. The third-order valence-corrected chi connectivity index (χ3v) is 3.92. The Hall–Kier alpha value is -0.510. The molecule has 0 bridgehead atoms. The van der Waals surface area contributed by atoms with Crippen molar-refractivity contribution in [3.8, 4) is 0 Å². The van der Waals surface area contributed by atoms with E-state index in [0.29, 0.717) is 12.0 Å². The monoisotopic (exact) mass is 239 g/mol. The summed E-state index contributed by atoms with van der Waals surface area (Å²) in [6.45, 7) is 2.35. The van der Waals surface area contributed by atoms with Gasteiger partial charge in [0.15, 0.2) is 0 Å². The number of benzene rings is 1. The van der Waals surface area contributed by atoms with Crippen molar-refractivity contribution in [2.75, 3.05) is 25.2 Å². The normalized spacial score (nSPS) is 14.7. The number of aliphatic hydroxyl groups is 1. The molecular weight excluding hydrogens is 218 g/mol. The highest BCUT2D eigenvalue weighted by Gasteiger charge is 2.09. The molecule has 90 valence electrons. The molecule has 0 aliphatic heterocycles. The summed E-state index contributed by atoms with van der Waals surface area (Å²) >= 11 is 1.89. The highest BCUT2D eigenvalue weighted by Crippen LogP contribution is 2.19. The summed E-state index contributed by atoms with van der Waals surface area (Å²) in [5.74, 6) is 2.45. The molecule has 2 unspecified atom stereocenters. The molecule has 0 spiro atoms. The van der Waals surface area contributed by atoms with Crippen LogP contribution in [0.3, 0.4) is 0 Å². The number of aliphatic hydroxyl groups excluding tert-OH is 1. The summed E-state index contributed by atoms with van der Waals surface area (Å²) in [5.41, 5.74) is 1.33. The smallest absolute Gasteiger partial charge is 0.0464 e. The van der Waals surface area contributed by atoms with E-state index in [-0.39, 0.29) is 6.61 Å². The van der Waals surface area contributed by atoms with Gasteiger partial charge in [-0.1, -0.05) is 37.3 Å². The van der Waals surface area contributed by atoms with Crippen molar-refractivity contribution in [3.05, 3.63) is 35.9 Å². The minimum atomic E-state index is 0.280. The fourth-order valence-electron chi connectivity index (χ4n) is 1.47. The van der Waals surface area contributed by atoms with Crippen LogP contribution < -0.4 is 5.32 Å². The second kappa shape index (κ2) is 7.71. The molecule has 0 aromatic heterocycles. The summed E-state index contributed by atoms with van der Waals surface area (Å²) < 4.78 is 0. The molecule has 0 radical (unpaired) electrons. The molecule has 1 rings (SSSR count). The Morgan fingerprint density at radius 3 is 2.50 bits per heavy atom. The zero-order valence-corrected chi connectivity index (χ0v) is 10.8. The van der Waals surface area contributed by atoms with E-state index in [1.165, 1.54) is 5.56 Å². The minimum absolute atomic E-state index is 0.280. The van der Waals surface area contributed by atoms with Crippen LogP contribution in [0.2, 0.25) is 0 Å². The van der Waals surface area contributed by atoms with Gasteiger partial charge in [0.25, 0.3) is 0 Å². The van der Waals surface area contributed by atoms with E-state index in [0.717, 1.165) is 11.5 Å². The van der Waals surface area contributed by atoms with E-state index in [1.54, 1.807) is 0 Å². The van der Waals surface area contributed by atoms with Gasteiger partial charge in [-0.25, -0.2) is 0 Å². The minimum Gasteiger partial charge on any atom is -0.396 e. The molecule has 0 heterocycles. The number of nitrogens with one attached hydrogen (secondary N) is 1. The van der Waals surface area contributed by atoms with Crippen LogP contribution in [0.25, 0.3) is 0 Å². The van der Waals surface area contributed by atoms with Crippen LogP contribution >= 0.6 is 11.8 Å². The Morgan fingerprint density at radius 1 is 1.25 bits per heavy atom. The van der Waals surface area contributed by atoms with Crippen molar-refractivity contribution in [2.45, 2.75) is 13.0 Å². The Kier molecular flexibility index (Phi) is 6.53. The van der Waals surface area contributed by atoms with Gasteiger partial charge >= 0.3 is 0 Å². The van der Waals surface area contributed by atoms with E-state index in [9.17, 15) is 0 Å². The maximum atomic E-state index is 8.95. The van der Waals surface area contributed by atoms with Crippen molar-refractivity contribution in [1.29, 1.82) is 0 Å². The first-order valence-electron chi connectivity index (χ1n) is 5.68. The van der Waals surface area contributed by atoms with E-state index in [4.69, 9.17) is 5.11 Å². The number of rotatable bonds is 7. The third kappa shape index (κ3) is 4.56. The van der Waals surface area contributed by atoms with Crippen molar-refractivity contribution < 1.29 is 5.11 Å². The average molecular weight is 239 g/mol. The molecule has 3 heteroatoms. The fourth-order valence-corrected chi connectivity index (χ4v) is 2.71. The van der Waals surface area contributed by atoms with Gasteiger partial charge in [0.1, 0.15) is 0 Å². The van der Waals surface area contributed by atoms with Crippen molar-refractivity contribution in [1.82, 2.24) is 5.32 Å². The van der Waals surface area contributed by atoms with Crippen molar-refractivity contribution in [2.24, 2.45) is 5.92 Å². The summed E-state index contributed by atoms with van der Waals surface area (Å²) in [6.07, 6.45) is 0. The molecular formula is C13H21NOS. The molecule has 1 aromatic rings. The number of thioether (sulfide) groups is 1. The van der Waals surface area contributed by atoms with Gasteiger partial charge in [0.2, 0.25) is 0 Å². The summed E-state index contributed by atoms with van der Waals surface area (Å²) in [7, 11) is 1.99. The lowest BCUT2D eigenvalue weighted by Crippen LogP contribution is -2.19. The van der Waals surface area contributed by atoms with Crippen LogP contribution in [0.15, 0.2) is 30.3 Å². The molecule has 0 aliphatic carbocycles. The van der Waals surface area contributed by atoms with Crippen molar-refractivity contribution >= 4 is 11.8 Å². The summed E-state index contributed by atoms with van der Waals surface area (Å²) in [4.78, 5) is 0. The molecule has 0 fully saturated rings. The SMILES string of the molecule is CNC(CSCC(C)CO)c1ccccc1. The molecule has 0 saturated carbocycles. The van der Waals surface area contributed by atoms with Crippen LogP contribution in [-0.4, -0.2) is 30.3 Å². The Labute approximate surface area is 102 Å². The predicted molar refractivity (Wildman–Crippen MR) is 71.8 cm³/mol. The van der Waals surface area contributed by atoms with Crippen LogP contribution in [-0.2, 0) is 0 Å². The van der Waals surface area contributed by atoms with E-state index in [1.807, 2.05) is 24.9 Å². The third-order valence-electron chi connectivity index (χ3n) is 2.55. The molecule has 1 aromatic carbocycles. The summed E-state index contributed by atoms with van der Waals surface area (Å²) in [5, 5.41) is 12.3. The average Bonchev–Trinajstić information content (AvgIpc) is 2.35. The lowest BCUT2D eigenvalue weighted by atomic mass is 10.1. The maximum Gasteiger partial charge on any atom is 0.0464 e. The van der Waals surface area contributed by atoms with Gasteiger partial charge in [-0.3, -0.25) is 0 Å². The van der Waals surface area contributed by atoms with E-state index in [2.05, 4.69) is 36.5 Å².